The number of hydrogen-bond acceptors (Lipinski definition) is 6. The second-order valence-corrected chi connectivity index (χ2v) is 6.65. The van der Waals surface area contributed by atoms with Gasteiger partial charge in [-0.1, -0.05) is 23.9 Å². The van der Waals surface area contributed by atoms with Crippen molar-refractivity contribution in [2.45, 2.75) is 18.6 Å². The smallest absolute Gasteiger partial charge is 0.233 e. The highest BCUT2D eigenvalue weighted by Crippen LogP contribution is 2.26. The van der Waals surface area contributed by atoms with Crippen LogP contribution in [0.3, 0.4) is 0 Å². The van der Waals surface area contributed by atoms with Crippen LogP contribution in [0.25, 0.3) is 5.69 Å². The van der Waals surface area contributed by atoms with Crippen molar-refractivity contribution in [3.05, 3.63) is 54.2 Å². The van der Waals surface area contributed by atoms with Crippen LogP contribution in [-0.2, 0) is 11.3 Å². The first-order chi connectivity index (χ1) is 12.6. The van der Waals surface area contributed by atoms with Gasteiger partial charge in [0.25, 0.3) is 0 Å². The van der Waals surface area contributed by atoms with Crippen LogP contribution >= 0.6 is 11.8 Å². The lowest BCUT2D eigenvalue weighted by Crippen LogP contribution is -2.27. The fourth-order valence-electron chi connectivity index (χ4n) is 2.45. The zero-order valence-electron chi connectivity index (χ0n) is 14.9. The first-order valence-electron chi connectivity index (χ1n) is 8.04. The predicted molar refractivity (Wildman–Crippen MR) is 98.6 cm³/mol. The van der Waals surface area contributed by atoms with Crippen LogP contribution in [0.5, 0.6) is 5.75 Å². The number of carbonyl (C=O) groups is 1. The van der Waals surface area contributed by atoms with Gasteiger partial charge in [0, 0.05) is 7.05 Å². The third-order valence-corrected chi connectivity index (χ3v) is 4.73. The number of para-hydroxylation sites is 2. The number of furan rings is 1. The fraction of sp³-hybridized carbons (Fsp3) is 0.278. The van der Waals surface area contributed by atoms with Crippen LogP contribution in [0, 0.1) is 6.92 Å². The van der Waals surface area contributed by atoms with Crippen molar-refractivity contribution in [2.75, 3.05) is 19.9 Å². The maximum absolute atomic E-state index is 12.4. The number of aryl methyl sites for hydroxylation is 1. The first-order valence-corrected chi connectivity index (χ1v) is 9.02. The maximum Gasteiger partial charge on any atom is 0.233 e. The molecule has 8 heteroatoms. The quantitative estimate of drug-likeness (QED) is 0.594. The summed E-state index contributed by atoms with van der Waals surface area (Å²) in [4.78, 5) is 14.0. The molecule has 3 aromatic rings. The van der Waals surface area contributed by atoms with Crippen molar-refractivity contribution in [1.82, 2.24) is 19.7 Å². The maximum atomic E-state index is 12.4. The molecule has 0 aliphatic heterocycles. The van der Waals surface area contributed by atoms with Gasteiger partial charge in [0.15, 0.2) is 5.16 Å². The molecule has 0 spiro atoms. The number of hydrogen-bond donors (Lipinski definition) is 0. The van der Waals surface area contributed by atoms with E-state index in [1.54, 1.807) is 25.4 Å². The summed E-state index contributed by atoms with van der Waals surface area (Å²) in [6, 6.07) is 11.4. The van der Waals surface area contributed by atoms with E-state index in [0.717, 1.165) is 17.2 Å². The van der Waals surface area contributed by atoms with Gasteiger partial charge in [-0.15, -0.1) is 10.2 Å². The number of aromatic nitrogens is 3. The molecule has 0 aliphatic rings. The fourth-order valence-corrected chi connectivity index (χ4v) is 3.31. The van der Waals surface area contributed by atoms with Crippen LogP contribution < -0.4 is 4.74 Å². The predicted octanol–water partition coefficient (Wildman–Crippen LogP) is 2.93. The lowest BCUT2D eigenvalue weighted by atomic mass is 10.3. The molecule has 0 unspecified atom stereocenters. The second kappa shape index (κ2) is 8.09. The minimum absolute atomic E-state index is 0.0152. The Hall–Kier alpha value is -2.74. The van der Waals surface area contributed by atoms with Crippen molar-refractivity contribution < 1.29 is 13.9 Å². The molecule has 0 fully saturated rings. The van der Waals surface area contributed by atoms with E-state index in [9.17, 15) is 4.79 Å². The van der Waals surface area contributed by atoms with Gasteiger partial charge in [-0.2, -0.15) is 0 Å². The second-order valence-electron chi connectivity index (χ2n) is 5.71. The van der Waals surface area contributed by atoms with Crippen molar-refractivity contribution in [1.29, 1.82) is 0 Å². The van der Waals surface area contributed by atoms with Gasteiger partial charge >= 0.3 is 0 Å². The lowest BCUT2D eigenvalue weighted by Gasteiger charge is -2.15. The van der Waals surface area contributed by atoms with E-state index < -0.39 is 0 Å². The van der Waals surface area contributed by atoms with Gasteiger partial charge in [-0.25, -0.2) is 0 Å². The Bertz CT molecular complexity index is 890. The molecule has 3 rings (SSSR count). The van der Waals surface area contributed by atoms with Crippen LogP contribution in [-0.4, -0.2) is 45.5 Å². The Morgan fingerprint density at radius 3 is 2.85 bits per heavy atom. The van der Waals surface area contributed by atoms with Crippen LogP contribution in [0.4, 0.5) is 0 Å². The van der Waals surface area contributed by atoms with Gasteiger partial charge in [0.05, 0.1) is 25.1 Å². The van der Waals surface area contributed by atoms with Gasteiger partial charge in [-0.3, -0.25) is 9.36 Å². The summed E-state index contributed by atoms with van der Waals surface area (Å²) in [6.45, 7) is 2.32. The molecule has 0 bridgehead atoms. The normalized spacial score (nSPS) is 10.7. The zero-order valence-corrected chi connectivity index (χ0v) is 15.7. The topological polar surface area (TPSA) is 73.4 Å². The summed E-state index contributed by atoms with van der Waals surface area (Å²) in [5, 5.41) is 8.71. The largest absolute Gasteiger partial charge is 0.495 e. The highest BCUT2D eigenvalue weighted by atomic mass is 32.2. The Balaban J connectivity index is 1.65. The minimum atomic E-state index is -0.0152. The molecule has 0 saturated carbocycles. The third kappa shape index (κ3) is 4.08. The summed E-state index contributed by atoms with van der Waals surface area (Å²) < 4.78 is 12.7. The molecular weight excluding hydrogens is 352 g/mol. The lowest BCUT2D eigenvalue weighted by molar-refractivity contribution is -0.127. The van der Waals surface area contributed by atoms with Crippen molar-refractivity contribution in [3.8, 4) is 11.4 Å². The molecule has 136 valence electrons. The molecule has 0 radical (unpaired) electrons. The number of benzene rings is 1. The SMILES string of the molecule is COc1ccccc1-n1cnnc1SCC(=O)N(C)Cc1ccc(C)o1. The number of amides is 1. The van der Waals surface area contributed by atoms with Gasteiger partial charge in [0.1, 0.15) is 23.6 Å². The summed E-state index contributed by atoms with van der Waals surface area (Å²) in [5.74, 6) is 2.55. The van der Waals surface area contributed by atoms with Gasteiger partial charge in [0.2, 0.25) is 5.91 Å². The molecular formula is C18H20N4O3S. The standard InChI is InChI=1S/C18H20N4O3S/c1-13-8-9-14(25-13)10-21(2)17(23)11-26-18-20-19-12-22(18)15-6-4-5-7-16(15)24-3/h4-9,12H,10-11H2,1-3H3. The first kappa shape index (κ1) is 18.1. The Labute approximate surface area is 156 Å². The van der Waals surface area contributed by atoms with E-state index in [1.807, 2.05) is 47.9 Å². The number of nitrogens with zero attached hydrogens (tertiary/aromatic N) is 4. The number of carbonyl (C=O) groups excluding carboxylic acids is 1. The van der Waals surface area contributed by atoms with E-state index >= 15 is 0 Å². The molecule has 0 atom stereocenters. The van der Waals surface area contributed by atoms with E-state index in [-0.39, 0.29) is 11.7 Å². The molecule has 1 amide bonds. The number of methoxy groups -OCH3 is 1. The molecule has 0 saturated heterocycles. The zero-order chi connectivity index (χ0) is 18.5. The molecule has 0 aliphatic carbocycles. The summed E-state index contributed by atoms with van der Waals surface area (Å²) in [6.07, 6.45) is 1.61. The molecule has 2 heterocycles. The van der Waals surface area contributed by atoms with Crippen LogP contribution in [0.1, 0.15) is 11.5 Å². The average molecular weight is 372 g/mol. The summed E-state index contributed by atoms with van der Waals surface area (Å²) in [5.41, 5.74) is 0.828. The molecule has 0 N–H and O–H groups in total. The van der Waals surface area contributed by atoms with Crippen LogP contribution in [0.2, 0.25) is 0 Å². The Morgan fingerprint density at radius 2 is 2.12 bits per heavy atom. The minimum Gasteiger partial charge on any atom is -0.495 e. The number of rotatable bonds is 7. The molecule has 7 nitrogen and oxygen atoms in total. The summed E-state index contributed by atoms with van der Waals surface area (Å²) in [7, 11) is 3.37. The molecule has 2 aromatic heterocycles. The van der Waals surface area contributed by atoms with E-state index in [0.29, 0.717) is 17.5 Å². The van der Waals surface area contributed by atoms with E-state index in [4.69, 9.17) is 9.15 Å². The Kier molecular flexibility index (Phi) is 5.62. The highest BCUT2D eigenvalue weighted by molar-refractivity contribution is 7.99. The molecule has 1 aromatic carbocycles. The van der Waals surface area contributed by atoms with Crippen molar-refractivity contribution in [2.24, 2.45) is 0 Å². The van der Waals surface area contributed by atoms with E-state index in [1.165, 1.54) is 11.8 Å². The van der Waals surface area contributed by atoms with Crippen molar-refractivity contribution >= 4 is 17.7 Å². The number of thioether (sulfide) groups is 1. The summed E-state index contributed by atoms with van der Waals surface area (Å²) >= 11 is 1.33. The van der Waals surface area contributed by atoms with Gasteiger partial charge < -0.3 is 14.1 Å². The van der Waals surface area contributed by atoms with Crippen molar-refractivity contribution in [3.63, 3.8) is 0 Å². The Morgan fingerprint density at radius 1 is 1.31 bits per heavy atom. The average Bonchev–Trinajstić information content (AvgIpc) is 3.28. The monoisotopic (exact) mass is 372 g/mol. The van der Waals surface area contributed by atoms with Crippen LogP contribution in [0.15, 0.2) is 52.3 Å². The third-order valence-electron chi connectivity index (χ3n) is 3.80. The highest BCUT2D eigenvalue weighted by Gasteiger charge is 2.16. The van der Waals surface area contributed by atoms with Gasteiger partial charge in [-0.05, 0) is 31.2 Å². The number of ether oxygens (including phenoxy) is 1. The van der Waals surface area contributed by atoms with E-state index in [2.05, 4.69) is 10.2 Å². The molecule has 26 heavy (non-hydrogen) atoms.